The Morgan fingerprint density at radius 1 is 1.07 bits per heavy atom. The normalized spacial score (nSPS) is 14.6. The zero-order chi connectivity index (χ0) is 18.6. The number of ether oxygens (including phenoxy) is 1. The van der Waals surface area contributed by atoms with Crippen LogP contribution in [0.4, 0.5) is 0 Å². The summed E-state index contributed by atoms with van der Waals surface area (Å²) in [6.07, 6.45) is 2.13. The van der Waals surface area contributed by atoms with Crippen LogP contribution in [0, 0.1) is 6.92 Å². The van der Waals surface area contributed by atoms with Crippen LogP contribution in [-0.4, -0.2) is 41.7 Å². The summed E-state index contributed by atoms with van der Waals surface area (Å²) in [6, 6.07) is 16.8. The molecule has 27 heavy (non-hydrogen) atoms. The number of para-hydroxylation sites is 1. The van der Waals surface area contributed by atoms with Gasteiger partial charge < -0.3 is 14.2 Å². The number of thioether (sulfide) groups is 1. The van der Waals surface area contributed by atoms with Crippen molar-refractivity contribution < 1.29 is 9.53 Å². The molecule has 1 amide bonds. The first kappa shape index (κ1) is 18.1. The molecule has 140 valence electrons. The molecule has 0 unspecified atom stereocenters. The van der Waals surface area contributed by atoms with Crippen LogP contribution < -0.4 is 0 Å². The first-order valence-electron chi connectivity index (χ1n) is 9.33. The quantitative estimate of drug-likeness (QED) is 0.625. The van der Waals surface area contributed by atoms with Crippen molar-refractivity contribution in [1.29, 1.82) is 0 Å². The van der Waals surface area contributed by atoms with E-state index < -0.39 is 0 Å². The van der Waals surface area contributed by atoms with Crippen molar-refractivity contribution in [2.75, 3.05) is 26.3 Å². The predicted molar refractivity (Wildman–Crippen MR) is 110 cm³/mol. The number of aryl methyl sites for hydroxylation is 1. The number of hydrogen-bond acceptors (Lipinski definition) is 3. The minimum Gasteiger partial charge on any atom is -0.378 e. The number of rotatable bonds is 5. The van der Waals surface area contributed by atoms with E-state index in [1.54, 1.807) is 0 Å². The predicted octanol–water partition coefficient (Wildman–Crippen LogP) is 4.10. The second-order valence-corrected chi connectivity index (χ2v) is 7.86. The summed E-state index contributed by atoms with van der Waals surface area (Å²) < 4.78 is 7.44. The lowest BCUT2D eigenvalue weighted by Crippen LogP contribution is -2.42. The van der Waals surface area contributed by atoms with Gasteiger partial charge >= 0.3 is 0 Å². The lowest BCUT2D eigenvalue weighted by Gasteiger charge is -2.27. The number of hydrogen-bond donors (Lipinski definition) is 0. The van der Waals surface area contributed by atoms with E-state index in [1.165, 1.54) is 21.4 Å². The molecule has 0 spiro atoms. The Morgan fingerprint density at radius 3 is 2.63 bits per heavy atom. The second-order valence-electron chi connectivity index (χ2n) is 6.85. The number of fused-ring (bicyclic) bond motifs is 1. The highest BCUT2D eigenvalue weighted by Gasteiger charge is 2.18. The minimum absolute atomic E-state index is 0.162. The van der Waals surface area contributed by atoms with Gasteiger partial charge in [0.2, 0.25) is 5.91 Å². The summed E-state index contributed by atoms with van der Waals surface area (Å²) >= 11 is 1.83. The highest BCUT2D eigenvalue weighted by molar-refractivity contribution is 7.98. The van der Waals surface area contributed by atoms with Crippen LogP contribution in [0.2, 0.25) is 0 Å². The third-order valence-corrected chi connectivity index (χ3v) is 6.16. The van der Waals surface area contributed by atoms with E-state index >= 15 is 0 Å². The van der Waals surface area contributed by atoms with Crippen LogP contribution in [0.1, 0.15) is 11.1 Å². The van der Waals surface area contributed by atoms with Gasteiger partial charge in [0.25, 0.3) is 0 Å². The molecule has 0 radical (unpaired) electrons. The fourth-order valence-electron chi connectivity index (χ4n) is 3.44. The molecule has 4 rings (SSSR count). The average molecular weight is 381 g/mol. The molecular weight excluding hydrogens is 356 g/mol. The Bertz CT molecular complexity index is 944. The van der Waals surface area contributed by atoms with Crippen molar-refractivity contribution in [2.45, 2.75) is 24.1 Å². The van der Waals surface area contributed by atoms with Crippen molar-refractivity contribution in [3.63, 3.8) is 0 Å². The highest BCUT2D eigenvalue weighted by Crippen LogP contribution is 2.32. The van der Waals surface area contributed by atoms with E-state index in [4.69, 9.17) is 4.74 Å². The lowest BCUT2D eigenvalue weighted by molar-refractivity contribution is -0.135. The smallest absolute Gasteiger partial charge is 0.242 e. The van der Waals surface area contributed by atoms with Gasteiger partial charge in [0.05, 0.1) is 13.2 Å². The summed E-state index contributed by atoms with van der Waals surface area (Å²) in [7, 11) is 0. The van der Waals surface area contributed by atoms with Gasteiger partial charge in [-0.05, 0) is 24.1 Å². The Morgan fingerprint density at radius 2 is 1.81 bits per heavy atom. The van der Waals surface area contributed by atoms with Gasteiger partial charge in [-0.3, -0.25) is 4.79 Å². The van der Waals surface area contributed by atoms with E-state index in [0.29, 0.717) is 32.8 Å². The molecule has 1 saturated heterocycles. The maximum Gasteiger partial charge on any atom is 0.242 e. The van der Waals surface area contributed by atoms with Gasteiger partial charge in [-0.1, -0.05) is 42.5 Å². The standard InChI is InChI=1S/C22H24N2O2S/c1-17-6-2-3-7-18(17)16-27-21-14-24(20-9-5-4-8-19(20)21)15-22(25)23-10-12-26-13-11-23/h2-9,14H,10-13,15-16H2,1H3. The summed E-state index contributed by atoms with van der Waals surface area (Å²) in [5.41, 5.74) is 3.78. The maximum atomic E-state index is 12.7. The third-order valence-electron chi connectivity index (χ3n) is 5.07. The van der Waals surface area contributed by atoms with Crippen molar-refractivity contribution in [1.82, 2.24) is 9.47 Å². The average Bonchev–Trinajstić information content (AvgIpc) is 3.06. The Labute approximate surface area is 164 Å². The van der Waals surface area contributed by atoms with Crippen LogP contribution in [0.25, 0.3) is 10.9 Å². The number of benzene rings is 2. The summed E-state index contributed by atoms with van der Waals surface area (Å²) in [4.78, 5) is 15.8. The molecular formula is C22H24N2O2S. The zero-order valence-corrected chi connectivity index (χ0v) is 16.4. The van der Waals surface area contributed by atoms with Gasteiger partial charge in [-0.2, -0.15) is 0 Å². The minimum atomic E-state index is 0.162. The highest BCUT2D eigenvalue weighted by atomic mass is 32.2. The second kappa shape index (κ2) is 8.19. The van der Waals surface area contributed by atoms with Crippen molar-refractivity contribution in [2.24, 2.45) is 0 Å². The molecule has 1 fully saturated rings. The molecule has 0 aliphatic carbocycles. The third kappa shape index (κ3) is 4.04. The molecule has 2 aromatic carbocycles. The van der Waals surface area contributed by atoms with Crippen LogP contribution in [0.15, 0.2) is 59.6 Å². The van der Waals surface area contributed by atoms with Crippen LogP contribution in [-0.2, 0) is 21.8 Å². The van der Waals surface area contributed by atoms with E-state index in [-0.39, 0.29) is 5.91 Å². The van der Waals surface area contributed by atoms with E-state index in [9.17, 15) is 4.79 Å². The van der Waals surface area contributed by atoms with Crippen molar-refractivity contribution in [3.8, 4) is 0 Å². The summed E-state index contributed by atoms with van der Waals surface area (Å²) in [5, 5.41) is 1.21. The van der Waals surface area contributed by atoms with Crippen molar-refractivity contribution >= 4 is 28.6 Å². The number of amides is 1. The number of carbonyl (C=O) groups excluding carboxylic acids is 1. The molecule has 2 heterocycles. The molecule has 0 N–H and O–H groups in total. The molecule has 1 aliphatic rings. The molecule has 5 heteroatoms. The largest absolute Gasteiger partial charge is 0.378 e. The number of nitrogens with zero attached hydrogens (tertiary/aromatic N) is 2. The fraction of sp³-hybridized carbons (Fsp3) is 0.318. The molecule has 3 aromatic rings. The molecule has 1 aliphatic heterocycles. The zero-order valence-electron chi connectivity index (χ0n) is 15.6. The first-order valence-corrected chi connectivity index (χ1v) is 10.3. The molecule has 0 atom stereocenters. The van der Waals surface area contributed by atoms with Crippen LogP contribution in [0.5, 0.6) is 0 Å². The monoisotopic (exact) mass is 380 g/mol. The number of morpholine rings is 1. The van der Waals surface area contributed by atoms with Gasteiger partial charge in [0.15, 0.2) is 0 Å². The van der Waals surface area contributed by atoms with E-state index in [2.05, 4.69) is 60.2 Å². The number of carbonyl (C=O) groups is 1. The van der Waals surface area contributed by atoms with Crippen molar-refractivity contribution in [3.05, 3.63) is 65.9 Å². The first-order chi connectivity index (χ1) is 13.2. The fourth-order valence-corrected chi connectivity index (χ4v) is 4.61. The Balaban J connectivity index is 1.55. The SMILES string of the molecule is Cc1ccccc1CSc1cn(CC(=O)N2CCOCC2)c2ccccc12. The Hall–Kier alpha value is -2.24. The van der Waals surface area contributed by atoms with Gasteiger partial charge in [-0.25, -0.2) is 0 Å². The van der Waals surface area contributed by atoms with Crippen LogP contribution >= 0.6 is 11.8 Å². The summed E-state index contributed by atoms with van der Waals surface area (Å²) in [5.74, 6) is 1.09. The molecule has 0 bridgehead atoms. The Kier molecular flexibility index (Phi) is 5.50. The number of aromatic nitrogens is 1. The molecule has 1 aromatic heterocycles. The van der Waals surface area contributed by atoms with Gasteiger partial charge in [-0.15, -0.1) is 11.8 Å². The summed E-state index contributed by atoms with van der Waals surface area (Å²) in [6.45, 7) is 5.18. The van der Waals surface area contributed by atoms with Crippen LogP contribution in [0.3, 0.4) is 0 Å². The maximum absolute atomic E-state index is 12.7. The topological polar surface area (TPSA) is 34.5 Å². The molecule has 4 nitrogen and oxygen atoms in total. The van der Waals surface area contributed by atoms with E-state index in [1.807, 2.05) is 22.7 Å². The van der Waals surface area contributed by atoms with E-state index in [0.717, 1.165) is 11.3 Å². The lowest BCUT2D eigenvalue weighted by atomic mass is 10.1. The molecule has 0 saturated carbocycles. The van der Waals surface area contributed by atoms with Gasteiger partial charge in [0.1, 0.15) is 6.54 Å². The van der Waals surface area contributed by atoms with Gasteiger partial charge in [0, 0.05) is 40.8 Å².